The van der Waals surface area contributed by atoms with Crippen LogP contribution in [0.25, 0.3) is 0 Å². The van der Waals surface area contributed by atoms with E-state index in [1.807, 2.05) is 0 Å². The lowest BCUT2D eigenvalue weighted by Crippen LogP contribution is -2.38. The number of anilines is 1. The zero-order chi connectivity index (χ0) is 18.9. The van der Waals surface area contributed by atoms with Crippen molar-refractivity contribution in [3.8, 4) is 0 Å². The summed E-state index contributed by atoms with van der Waals surface area (Å²) in [6.07, 6.45) is -2.02. The molecule has 1 aliphatic rings. The van der Waals surface area contributed by atoms with Gasteiger partial charge in [0.2, 0.25) is 5.91 Å². The van der Waals surface area contributed by atoms with Crippen molar-refractivity contribution in [3.05, 3.63) is 29.3 Å². The molecule has 2 rings (SSSR count). The highest BCUT2D eigenvalue weighted by Gasteiger charge is 2.33. The normalized spacial score (nSPS) is 15.6. The van der Waals surface area contributed by atoms with E-state index in [-0.39, 0.29) is 17.5 Å². The van der Waals surface area contributed by atoms with Crippen LogP contribution in [0.3, 0.4) is 0 Å². The number of halogens is 4. The first-order valence-corrected chi connectivity index (χ1v) is 6.87. The summed E-state index contributed by atoms with van der Waals surface area (Å²) in [5, 5.41) is 3.46. The molecule has 0 radical (unpaired) electrons. The lowest BCUT2D eigenvalue weighted by Gasteiger charge is -2.24. The molecule has 134 valence electrons. The zero-order valence-electron chi connectivity index (χ0n) is 12.7. The Kier molecular flexibility index (Phi) is 5.04. The van der Waals surface area contributed by atoms with Crippen molar-refractivity contribution in [1.82, 2.24) is 0 Å². The van der Waals surface area contributed by atoms with Crippen LogP contribution < -0.4 is 10.7 Å². The molecular formula is C14H11F4N3O4. The average molecular weight is 361 g/mol. The van der Waals surface area contributed by atoms with E-state index >= 15 is 0 Å². The molecule has 1 aromatic rings. The number of nitrogens with zero attached hydrogens (tertiary/aromatic N) is 2. The molecule has 1 aliphatic heterocycles. The molecule has 0 aliphatic carbocycles. The van der Waals surface area contributed by atoms with Gasteiger partial charge < -0.3 is 10.5 Å². The van der Waals surface area contributed by atoms with E-state index in [0.29, 0.717) is 0 Å². The second-order valence-corrected chi connectivity index (χ2v) is 5.02. The van der Waals surface area contributed by atoms with Gasteiger partial charge in [0.15, 0.2) is 29.4 Å². The molecule has 0 bridgehead atoms. The van der Waals surface area contributed by atoms with Crippen LogP contribution in [0.15, 0.2) is 11.2 Å². The Morgan fingerprint density at radius 1 is 1.20 bits per heavy atom. The Bertz CT molecular complexity index is 771. The molecule has 0 aromatic heterocycles. The molecular weight excluding hydrogens is 350 g/mol. The Hall–Kier alpha value is -2.98. The minimum Gasteiger partial charge on any atom is -0.448 e. The number of carbonyl (C=O) groups is 3. The maximum absolute atomic E-state index is 13.8. The third kappa shape index (κ3) is 3.59. The van der Waals surface area contributed by atoms with Gasteiger partial charge in [-0.1, -0.05) is 0 Å². The van der Waals surface area contributed by atoms with Gasteiger partial charge in [-0.05, 0) is 6.92 Å². The standard InChI is InChI=1S/C14H11F4N3O4/c1-5(13(19)23)25-14(24)8-2-3-9(22)21(20-8)12-10(17)6(15)4-7(16)11(12)18/h4-5H,2-3H2,1H3,(H2,19,23)/t5-/m1/s1. The molecule has 0 saturated heterocycles. The van der Waals surface area contributed by atoms with Gasteiger partial charge in [0.25, 0.3) is 5.91 Å². The molecule has 1 aromatic carbocycles. The number of benzene rings is 1. The minimum atomic E-state index is -1.85. The number of carbonyl (C=O) groups excluding carboxylic acids is 3. The Morgan fingerprint density at radius 3 is 2.28 bits per heavy atom. The van der Waals surface area contributed by atoms with Crippen LogP contribution in [-0.4, -0.2) is 29.6 Å². The first kappa shape index (κ1) is 18.4. The summed E-state index contributed by atoms with van der Waals surface area (Å²) in [4.78, 5) is 34.6. The maximum atomic E-state index is 13.8. The van der Waals surface area contributed by atoms with Crippen molar-refractivity contribution in [3.63, 3.8) is 0 Å². The molecule has 7 nitrogen and oxygen atoms in total. The van der Waals surface area contributed by atoms with E-state index in [0.717, 1.165) is 0 Å². The second kappa shape index (κ2) is 6.87. The zero-order valence-corrected chi connectivity index (χ0v) is 12.7. The third-order valence-electron chi connectivity index (χ3n) is 3.25. The summed E-state index contributed by atoms with van der Waals surface area (Å²) in [6, 6.07) is -0.0317. The molecule has 25 heavy (non-hydrogen) atoms. The van der Waals surface area contributed by atoms with E-state index < -0.39 is 65.0 Å². The number of amides is 2. The van der Waals surface area contributed by atoms with Gasteiger partial charge in [0.1, 0.15) is 11.4 Å². The van der Waals surface area contributed by atoms with Crippen LogP contribution in [0.1, 0.15) is 19.8 Å². The highest BCUT2D eigenvalue weighted by atomic mass is 19.2. The van der Waals surface area contributed by atoms with Crippen LogP contribution in [0.2, 0.25) is 0 Å². The summed E-state index contributed by atoms with van der Waals surface area (Å²) in [5.74, 6) is -10.3. The van der Waals surface area contributed by atoms with Gasteiger partial charge in [-0.2, -0.15) is 10.1 Å². The maximum Gasteiger partial charge on any atom is 0.355 e. The van der Waals surface area contributed by atoms with E-state index in [1.54, 1.807) is 0 Å². The molecule has 0 fully saturated rings. The number of esters is 1. The summed E-state index contributed by atoms with van der Waals surface area (Å²) >= 11 is 0. The van der Waals surface area contributed by atoms with Crippen LogP contribution in [0.5, 0.6) is 0 Å². The predicted molar refractivity (Wildman–Crippen MR) is 75.2 cm³/mol. The number of nitrogens with two attached hydrogens (primary N) is 1. The first-order chi connectivity index (χ1) is 11.6. The fourth-order valence-electron chi connectivity index (χ4n) is 1.91. The summed E-state index contributed by atoms with van der Waals surface area (Å²) in [7, 11) is 0. The number of hydrogen-bond acceptors (Lipinski definition) is 5. The molecule has 1 heterocycles. The Labute approximate surface area is 138 Å². The topological polar surface area (TPSA) is 102 Å². The summed E-state index contributed by atoms with van der Waals surface area (Å²) in [5.41, 5.74) is 3.06. The van der Waals surface area contributed by atoms with E-state index in [2.05, 4.69) is 9.84 Å². The quantitative estimate of drug-likeness (QED) is 0.494. The van der Waals surface area contributed by atoms with Crippen molar-refractivity contribution in [2.24, 2.45) is 10.8 Å². The first-order valence-electron chi connectivity index (χ1n) is 6.87. The molecule has 0 spiro atoms. The van der Waals surface area contributed by atoms with Gasteiger partial charge >= 0.3 is 5.97 Å². The fraction of sp³-hybridized carbons (Fsp3) is 0.286. The Morgan fingerprint density at radius 2 is 1.76 bits per heavy atom. The van der Waals surface area contributed by atoms with Gasteiger partial charge in [0, 0.05) is 18.9 Å². The Balaban J connectivity index is 2.43. The van der Waals surface area contributed by atoms with Crippen LogP contribution in [-0.2, 0) is 19.1 Å². The van der Waals surface area contributed by atoms with Gasteiger partial charge in [0.05, 0.1) is 0 Å². The highest BCUT2D eigenvalue weighted by Crippen LogP contribution is 2.30. The molecule has 11 heteroatoms. The number of hydrogen-bond donors (Lipinski definition) is 1. The third-order valence-corrected chi connectivity index (χ3v) is 3.25. The van der Waals surface area contributed by atoms with E-state index in [4.69, 9.17) is 5.73 Å². The molecule has 0 unspecified atom stereocenters. The lowest BCUT2D eigenvalue weighted by atomic mass is 10.1. The van der Waals surface area contributed by atoms with E-state index in [1.165, 1.54) is 6.92 Å². The van der Waals surface area contributed by atoms with Crippen molar-refractivity contribution in [2.45, 2.75) is 25.9 Å². The van der Waals surface area contributed by atoms with Crippen LogP contribution in [0.4, 0.5) is 23.2 Å². The van der Waals surface area contributed by atoms with Crippen molar-refractivity contribution >= 4 is 29.2 Å². The fourth-order valence-corrected chi connectivity index (χ4v) is 1.91. The molecule has 1 atom stereocenters. The molecule has 2 N–H and O–H groups in total. The number of hydrazone groups is 1. The number of ether oxygens (including phenoxy) is 1. The van der Waals surface area contributed by atoms with Crippen molar-refractivity contribution < 1.29 is 36.7 Å². The van der Waals surface area contributed by atoms with Crippen LogP contribution >= 0.6 is 0 Å². The van der Waals surface area contributed by atoms with Crippen molar-refractivity contribution in [1.29, 1.82) is 0 Å². The van der Waals surface area contributed by atoms with E-state index in [9.17, 15) is 31.9 Å². The molecule has 0 saturated carbocycles. The lowest BCUT2D eigenvalue weighted by molar-refractivity contribution is -0.147. The SMILES string of the molecule is C[C@@H](OC(=O)C1=NN(c2c(F)c(F)cc(F)c2F)C(=O)CC1)C(N)=O. The second-order valence-electron chi connectivity index (χ2n) is 5.02. The average Bonchev–Trinajstić information content (AvgIpc) is 2.54. The monoisotopic (exact) mass is 361 g/mol. The van der Waals surface area contributed by atoms with Gasteiger partial charge in [-0.15, -0.1) is 0 Å². The minimum absolute atomic E-state index is 0.0317. The number of primary amides is 1. The smallest absolute Gasteiger partial charge is 0.355 e. The largest absolute Gasteiger partial charge is 0.448 e. The number of rotatable bonds is 4. The van der Waals surface area contributed by atoms with Crippen LogP contribution in [0, 0.1) is 23.3 Å². The molecule has 2 amide bonds. The van der Waals surface area contributed by atoms with Gasteiger partial charge in [-0.3, -0.25) is 9.59 Å². The summed E-state index contributed by atoms with van der Waals surface area (Å²) < 4.78 is 58.9. The van der Waals surface area contributed by atoms with Gasteiger partial charge in [-0.25, -0.2) is 22.4 Å². The van der Waals surface area contributed by atoms with Crippen molar-refractivity contribution in [2.75, 3.05) is 5.01 Å². The predicted octanol–water partition coefficient (Wildman–Crippen LogP) is 1.14. The summed E-state index contributed by atoms with van der Waals surface area (Å²) in [6.45, 7) is 1.17. The highest BCUT2D eigenvalue weighted by molar-refractivity contribution is 6.38.